The van der Waals surface area contributed by atoms with Crippen LogP contribution in [0, 0.1) is 0 Å². The average Bonchev–Trinajstić information content (AvgIpc) is 3.47. The molecule has 2 saturated heterocycles. The van der Waals surface area contributed by atoms with Gasteiger partial charge >= 0.3 is 6.03 Å². The van der Waals surface area contributed by atoms with Crippen LogP contribution in [-0.2, 0) is 23.2 Å². The summed E-state index contributed by atoms with van der Waals surface area (Å²) in [6.45, 7) is 3.10. The first kappa shape index (κ1) is 17.9. The third kappa shape index (κ3) is 2.78. The highest BCUT2D eigenvalue weighted by atomic mass is 32.1. The summed E-state index contributed by atoms with van der Waals surface area (Å²) in [5.74, 6) is -0.146. The molecule has 0 radical (unpaired) electrons. The van der Waals surface area contributed by atoms with Gasteiger partial charge in [0.1, 0.15) is 5.54 Å². The highest BCUT2D eigenvalue weighted by Crippen LogP contribution is 2.37. The van der Waals surface area contributed by atoms with E-state index in [0.717, 1.165) is 37.8 Å². The van der Waals surface area contributed by atoms with E-state index in [9.17, 15) is 9.59 Å². The fraction of sp³-hybridized carbons (Fsp3) is 0.455. The van der Waals surface area contributed by atoms with Crippen molar-refractivity contribution < 1.29 is 9.59 Å². The van der Waals surface area contributed by atoms with Crippen molar-refractivity contribution in [2.24, 2.45) is 0 Å². The third-order valence-corrected chi connectivity index (χ3v) is 7.48. The Morgan fingerprint density at radius 1 is 1.18 bits per heavy atom. The summed E-state index contributed by atoms with van der Waals surface area (Å²) >= 11 is 1.75. The van der Waals surface area contributed by atoms with E-state index in [2.05, 4.69) is 39.9 Å². The van der Waals surface area contributed by atoms with Gasteiger partial charge in [0.15, 0.2) is 0 Å². The first-order valence-corrected chi connectivity index (χ1v) is 11.0. The number of urea groups is 1. The second-order valence-electron chi connectivity index (χ2n) is 8.25. The Morgan fingerprint density at radius 2 is 2.04 bits per heavy atom. The summed E-state index contributed by atoms with van der Waals surface area (Å²) in [7, 11) is 0. The number of carbonyl (C=O) groups excluding carboxylic acids is 2. The van der Waals surface area contributed by atoms with Gasteiger partial charge in [0, 0.05) is 17.5 Å². The van der Waals surface area contributed by atoms with Crippen LogP contribution >= 0.6 is 11.3 Å². The maximum atomic E-state index is 13.3. The van der Waals surface area contributed by atoms with Crippen molar-refractivity contribution in [2.45, 2.75) is 50.6 Å². The zero-order valence-electron chi connectivity index (χ0n) is 16.1. The van der Waals surface area contributed by atoms with Crippen LogP contribution in [0.5, 0.6) is 0 Å². The largest absolute Gasteiger partial charge is 0.326 e. The van der Waals surface area contributed by atoms with E-state index in [0.29, 0.717) is 12.7 Å². The Morgan fingerprint density at radius 3 is 2.86 bits per heavy atom. The van der Waals surface area contributed by atoms with Crippen LogP contribution in [0.2, 0.25) is 0 Å². The molecule has 0 spiro atoms. The summed E-state index contributed by atoms with van der Waals surface area (Å²) < 4.78 is 0. The molecule has 3 amide bonds. The van der Waals surface area contributed by atoms with Crippen LogP contribution in [0.25, 0.3) is 0 Å². The average molecular weight is 396 g/mol. The van der Waals surface area contributed by atoms with Gasteiger partial charge in [0.25, 0.3) is 5.91 Å². The number of benzene rings is 1. The number of likely N-dealkylation sites (tertiary alicyclic amines) is 1. The van der Waals surface area contributed by atoms with E-state index >= 15 is 0 Å². The fourth-order valence-corrected chi connectivity index (χ4v) is 5.78. The number of rotatable bonds is 4. The predicted octanol–water partition coefficient (Wildman–Crippen LogP) is 3.80. The Labute approximate surface area is 169 Å². The lowest BCUT2D eigenvalue weighted by Gasteiger charge is -2.28. The molecule has 0 bridgehead atoms. The number of hydrogen-bond donors (Lipinski definition) is 1. The van der Waals surface area contributed by atoms with Gasteiger partial charge < -0.3 is 5.32 Å². The molecule has 6 heteroatoms. The van der Waals surface area contributed by atoms with Gasteiger partial charge in [-0.3, -0.25) is 9.69 Å². The minimum atomic E-state index is -0.979. The monoisotopic (exact) mass is 395 g/mol. The van der Waals surface area contributed by atoms with Crippen LogP contribution in [0.1, 0.15) is 53.8 Å². The maximum absolute atomic E-state index is 13.3. The summed E-state index contributed by atoms with van der Waals surface area (Å²) in [6.07, 6.45) is 5.50. The minimum absolute atomic E-state index is 0.146. The zero-order chi connectivity index (χ0) is 19.3. The highest BCUT2D eigenvalue weighted by Gasteiger charge is 2.50. The smallest absolute Gasteiger partial charge is 0.319 e. The van der Waals surface area contributed by atoms with E-state index in [-0.39, 0.29) is 11.9 Å². The van der Waals surface area contributed by atoms with E-state index in [4.69, 9.17) is 0 Å². The topological polar surface area (TPSA) is 52.7 Å². The van der Waals surface area contributed by atoms with Crippen molar-refractivity contribution in [1.82, 2.24) is 15.1 Å². The number of nitrogens with zero attached hydrogens (tertiary/aromatic N) is 2. The summed E-state index contributed by atoms with van der Waals surface area (Å²) in [6, 6.07) is 10.5. The van der Waals surface area contributed by atoms with Crippen molar-refractivity contribution in [1.29, 1.82) is 0 Å². The van der Waals surface area contributed by atoms with Crippen LogP contribution in [0.3, 0.4) is 0 Å². The van der Waals surface area contributed by atoms with Crippen molar-refractivity contribution in [3.63, 3.8) is 0 Å². The predicted molar refractivity (Wildman–Crippen MR) is 109 cm³/mol. The first-order valence-electron chi connectivity index (χ1n) is 10.1. The quantitative estimate of drug-likeness (QED) is 0.801. The molecule has 1 N–H and O–H groups in total. The number of nitrogens with one attached hydrogen (secondary N) is 1. The Hall–Kier alpha value is -2.18. The molecule has 2 atom stereocenters. The molecular formula is C22H25N3O2S. The summed E-state index contributed by atoms with van der Waals surface area (Å²) in [5, 5.41) is 5.06. The highest BCUT2D eigenvalue weighted by molar-refractivity contribution is 7.10. The number of hydrogen-bond acceptors (Lipinski definition) is 4. The van der Waals surface area contributed by atoms with E-state index in [1.165, 1.54) is 27.3 Å². The lowest BCUT2D eigenvalue weighted by atomic mass is 9.90. The molecule has 2 aliphatic heterocycles. The van der Waals surface area contributed by atoms with Crippen molar-refractivity contribution >= 4 is 23.3 Å². The van der Waals surface area contributed by atoms with Gasteiger partial charge in [-0.2, -0.15) is 0 Å². The maximum Gasteiger partial charge on any atom is 0.326 e. The molecule has 2 fully saturated rings. The molecule has 0 unspecified atom stereocenters. The van der Waals surface area contributed by atoms with Crippen LogP contribution < -0.4 is 5.32 Å². The number of fused-ring (bicyclic) bond motifs is 1. The fourth-order valence-electron chi connectivity index (χ4n) is 4.88. The molecule has 0 saturated carbocycles. The molecule has 2 aromatic rings. The number of amides is 3. The normalized spacial score (nSPS) is 27.5. The van der Waals surface area contributed by atoms with Crippen LogP contribution in [0.15, 0.2) is 35.7 Å². The van der Waals surface area contributed by atoms with Gasteiger partial charge in [0.2, 0.25) is 0 Å². The standard InChI is InChI=1S/C22H25N3O2S/c1-22(17-10-9-15-5-2-6-16(15)13-17)20(26)25(21(27)23-22)14-24-11-3-7-18(24)19-8-4-12-28-19/h4,8-10,12-13,18H,2-3,5-7,11,14H2,1H3,(H,23,27)/t18-,22+/m0/s1. The van der Waals surface area contributed by atoms with Crippen molar-refractivity contribution in [2.75, 3.05) is 13.2 Å². The van der Waals surface area contributed by atoms with E-state index in [1.54, 1.807) is 11.3 Å². The third-order valence-electron chi connectivity index (χ3n) is 6.51. The molecule has 1 aromatic heterocycles. The van der Waals surface area contributed by atoms with Crippen LogP contribution in [0.4, 0.5) is 4.79 Å². The van der Waals surface area contributed by atoms with Gasteiger partial charge in [-0.1, -0.05) is 24.3 Å². The van der Waals surface area contributed by atoms with E-state index < -0.39 is 5.54 Å². The lowest BCUT2D eigenvalue weighted by Crippen LogP contribution is -2.43. The summed E-state index contributed by atoms with van der Waals surface area (Å²) in [4.78, 5) is 31.1. The molecule has 1 aromatic carbocycles. The summed E-state index contributed by atoms with van der Waals surface area (Å²) in [5.41, 5.74) is 2.60. The van der Waals surface area contributed by atoms with Gasteiger partial charge in [0.05, 0.1) is 6.67 Å². The second-order valence-corrected chi connectivity index (χ2v) is 9.23. The number of carbonyl (C=O) groups is 2. The lowest BCUT2D eigenvalue weighted by molar-refractivity contribution is -0.132. The van der Waals surface area contributed by atoms with Crippen molar-refractivity contribution in [3.8, 4) is 0 Å². The Balaban J connectivity index is 1.38. The SMILES string of the molecule is C[C@]1(c2ccc3c(c2)CCC3)NC(=O)N(CN2CCC[C@H]2c2cccs2)C1=O. The minimum Gasteiger partial charge on any atom is -0.319 e. The molecule has 1 aliphatic carbocycles. The second kappa shape index (κ2) is 6.71. The molecule has 3 aliphatic rings. The number of thiophene rings is 1. The zero-order valence-corrected chi connectivity index (χ0v) is 16.9. The van der Waals surface area contributed by atoms with Crippen molar-refractivity contribution in [3.05, 3.63) is 57.3 Å². The van der Waals surface area contributed by atoms with E-state index in [1.807, 2.05) is 13.0 Å². The molecule has 3 heterocycles. The number of aryl methyl sites for hydroxylation is 2. The first-order chi connectivity index (χ1) is 13.6. The van der Waals surface area contributed by atoms with Crippen LogP contribution in [-0.4, -0.2) is 35.0 Å². The van der Waals surface area contributed by atoms with Gasteiger partial charge in [-0.15, -0.1) is 11.3 Å². The van der Waals surface area contributed by atoms with Gasteiger partial charge in [-0.25, -0.2) is 9.69 Å². The van der Waals surface area contributed by atoms with Gasteiger partial charge in [-0.05, 0) is 67.2 Å². The molecule has 5 nitrogen and oxygen atoms in total. The molecule has 146 valence electrons. The molecular weight excluding hydrogens is 370 g/mol. The Bertz CT molecular complexity index is 926. The molecule has 28 heavy (non-hydrogen) atoms. The Kier molecular flexibility index (Phi) is 4.29. The number of imide groups is 1. The molecule has 5 rings (SSSR count).